The highest BCUT2D eigenvalue weighted by Gasteiger charge is 2.26. The molecule has 0 amide bonds. The molecule has 0 radical (unpaired) electrons. The van der Waals surface area contributed by atoms with E-state index in [-0.39, 0.29) is 5.75 Å². The third-order valence-corrected chi connectivity index (χ3v) is 13.3. The predicted octanol–water partition coefficient (Wildman–Crippen LogP) is 18.2. The predicted molar refractivity (Wildman–Crippen MR) is 284 cm³/mol. The molecule has 1 aromatic heterocycles. The summed E-state index contributed by atoms with van der Waals surface area (Å²) in [6.45, 7) is 0. The molecule has 0 unspecified atom stereocenters. The highest BCUT2D eigenvalue weighted by molar-refractivity contribution is 6.11. The Morgan fingerprint density at radius 2 is 0.899 bits per heavy atom. The van der Waals surface area contributed by atoms with Crippen molar-refractivity contribution in [2.45, 2.75) is 0 Å². The van der Waals surface area contributed by atoms with E-state index in [2.05, 4.69) is 192 Å². The maximum Gasteiger partial charge on any atom is 0.137 e. The SMILES string of the molecule is Oc1cc(N(c2ccc3oc4ccccc4c3c2)c2ccc(-c3ccccc3)cc2-c2ccccc2)ccc1-c1ccc2c3c(cccc13)-c1ccc(N(c3ccccc3)c3ccccc3)cc1O2. The number of phenolic OH excluding ortho intramolecular Hbond substituents is 1. The van der Waals surface area contributed by atoms with Gasteiger partial charge in [-0.05, 0) is 130 Å². The fourth-order valence-electron chi connectivity index (χ4n) is 10.2. The molecule has 0 bridgehead atoms. The first-order valence-corrected chi connectivity index (χ1v) is 23.2. The first kappa shape index (κ1) is 40.0. The molecule has 0 saturated heterocycles. The fourth-order valence-corrected chi connectivity index (χ4v) is 10.2. The smallest absolute Gasteiger partial charge is 0.137 e. The number of fused-ring (bicyclic) bond motifs is 5. The maximum atomic E-state index is 12.4. The molecular weight excluding hydrogens is 845 g/mol. The molecule has 2 heterocycles. The van der Waals surface area contributed by atoms with Crippen molar-refractivity contribution < 1.29 is 14.3 Å². The van der Waals surface area contributed by atoms with Gasteiger partial charge in [0.1, 0.15) is 28.4 Å². The second kappa shape index (κ2) is 16.5. The molecule has 0 spiro atoms. The lowest BCUT2D eigenvalue weighted by Crippen LogP contribution is -2.11. The van der Waals surface area contributed by atoms with Crippen LogP contribution in [0.1, 0.15) is 0 Å². The Balaban J connectivity index is 0.935. The number of benzene rings is 11. The van der Waals surface area contributed by atoms with Crippen LogP contribution >= 0.6 is 0 Å². The van der Waals surface area contributed by atoms with Gasteiger partial charge >= 0.3 is 0 Å². The Hall–Kier alpha value is -9.32. The highest BCUT2D eigenvalue weighted by atomic mass is 16.5. The van der Waals surface area contributed by atoms with Gasteiger partial charge in [-0.1, -0.05) is 140 Å². The second-order valence-electron chi connectivity index (χ2n) is 17.4. The topological polar surface area (TPSA) is 49.1 Å². The molecule has 5 nitrogen and oxygen atoms in total. The first-order valence-electron chi connectivity index (χ1n) is 23.2. The van der Waals surface area contributed by atoms with E-state index in [0.29, 0.717) is 0 Å². The summed E-state index contributed by atoms with van der Waals surface area (Å²) in [5, 5.41) is 16.4. The van der Waals surface area contributed by atoms with Crippen LogP contribution in [0.5, 0.6) is 17.2 Å². The van der Waals surface area contributed by atoms with Crippen molar-refractivity contribution >= 4 is 66.8 Å². The number of ether oxygens (including phenoxy) is 1. The van der Waals surface area contributed by atoms with Gasteiger partial charge in [0.2, 0.25) is 0 Å². The molecule has 1 N–H and O–H groups in total. The molecule has 13 rings (SSSR count). The Kier molecular flexibility index (Phi) is 9.58. The van der Waals surface area contributed by atoms with Gasteiger partial charge < -0.3 is 24.1 Å². The number of hydrogen-bond acceptors (Lipinski definition) is 5. The number of nitrogens with zero attached hydrogens (tertiary/aromatic N) is 2. The lowest BCUT2D eigenvalue weighted by atomic mass is 9.90. The van der Waals surface area contributed by atoms with Crippen molar-refractivity contribution in [3.8, 4) is 61.8 Å². The summed E-state index contributed by atoms with van der Waals surface area (Å²) in [4.78, 5) is 4.49. The van der Waals surface area contributed by atoms with Crippen LogP contribution in [0.25, 0.3) is 77.2 Å². The Bertz CT molecular complexity index is 3850. The summed E-state index contributed by atoms with van der Waals surface area (Å²) in [5.41, 5.74) is 15.6. The van der Waals surface area contributed by atoms with E-state index in [1.165, 1.54) is 0 Å². The van der Waals surface area contributed by atoms with Gasteiger partial charge in [0, 0.05) is 73.4 Å². The monoisotopic (exact) mass is 886 g/mol. The van der Waals surface area contributed by atoms with Crippen molar-refractivity contribution in [2.24, 2.45) is 0 Å². The molecule has 5 heteroatoms. The minimum Gasteiger partial charge on any atom is -0.507 e. The average Bonchev–Trinajstić information content (AvgIpc) is 3.78. The van der Waals surface area contributed by atoms with Crippen LogP contribution in [-0.2, 0) is 0 Å². The Morgan fingerprint density at radius 1 is 0.304 bits per heavy atom. The summed E-state index contributed by atoms with van der Waals surface area (Å²) in [7, 11) is 0. The van der Waals surface area contributed by atoms with Crippen molar-refractivity contribution in [2.75, 3.05) is 9.80 Å². The van der Waals surface area contributed by atoms with Crippen LogP contribution in [0.15, 0.2) is 253 Å². The number of anilines is 6. The number of hydrogen-bond donors (Lipinski definition) is 1. The van der Waals surface area contributed by atoms with Gasteiger partial charge in [0.05, 0.1) is 5.69 Å². The van der Waals surface area contributed by atoms with Crippen LogP contribution in [-0.4, -0.2) is 5.11 Å². The first-order chi connectivity index (χ1) is 34.1. The minimum atomic E-state index is 0.166. The van der Waals surface area contributed by atoms with Crippen LogP contribution in [0, 0.1) is 0 Å². The van der Waals surface area contributed by atoms with Crippen LogP contribution < -0.4 is 14.5 Å². The van der Waals surface area contributed by atoms with E-state index in [9.17, 15) is 5.11 Å². The molecule has 326 valence electrons. The summed E-state index contributed by atoms with van der Waals surface area (Å²) >= 11 is 0. The van der Waals surface area contributed by atoms with Crippen LogP contribution in [0.3, 0.4) is 0 Å². The molecule has 0 saturated carbocycles. The largest absolute Gasteiger partial charge is 0.507 e. The molecule has 0 aliphatic carbocycles. The summed E-state index contributed by atoms with van der Waals surface area (Å²) in [5.74, 6) is 1.73. The number of furan rings is 1. The Labute approximate surface area is 399 Å². The molecular formula is C64H42N2O3. The van der Waals surface area contributed by atoms with E-state index in [4.69, 9.17) is 9.15 Å². The van der Waals surface area contributed by atoms with E-state index < -0.39 is 0 Å². The summed E-state index contributed by atoms with van der Waals surface area (Å²) < 4.78 is 13.1. The van der Waals surface area contributed by atoms with Gasteiger partial charge in [0.25, 0.3) is 0 Å². The third-order valence-electron chi connectivity index (χ3n) is 13.3. The zero-order valence-corrected chi connectivity index (χ0v) is 37.3. The molecule has 11 aromatic carbocycles. The number of phenols is 1. The van der Waals surface area contributed by atoms with Gasteiger partial charge in [-0.3, -0.25) is 0 Å². The van der Waals surface area contributed by atoms with Crippen LogP contribution in [0.2, 0.25) is 0 Å². The van der Waals surface area contributed by atoms with Gasteiger partial charge in [-0.15, -0.1) is 0 Å². The maximum absolute atomic E-state index is 12.4. The fraction of sp³-hybridized carbons (Fsp3) is 0. The zero-order chi connectivity index (χ0) is 45.8. The van der Waals surface area contributed by atoms with E-state index in [0.717, 1.165) is 123 Å². The second-order valence-corrected chi connectivity index (χ2v) is 17.4. The van der Waals surface area contributed by atoms with E-state index >= 15 is 0 Å². The van der Waals surface area contributed by atoms with Crippen molar-refractivity contribution in [3.05, 3.63) is 249 Å². The quantitative estimate of drug-likeness (QED) is 0.156. The molecule has 0 fully saturated rings. The average molecular weight is 887 g/mol. The normalized spacial score (nSPS) is 11.7. The lowest BCUT2D eigenvalue weighted by Gasteiger charge is -2.29. The Morgan fingerprint density at radius 3 is 1.64 bits per heavy atom. The van der Waals surface area contributed by atoms with E-state index in [1.54, 1.807) is 0 Å². The van der Waals surface area contributed by atoms with Gasteiger partial charge in [-0.25, -0.2) is 0 Å². The minimum absolute atomic E-state index is 0.166. The molecule has 1 aliphatic rings. The summed E-state index contributed by atoms with van der Waals surface area (Å²) in [6, 6.07) is 85.9. The zero-order valence-electron chi connectivity index (χ0n) is 37.3. The number of para-hydroxylation sites is 3. The van der Waals surface area contributed by atoms with Crippen molar-refractivity contribution in [1.82, 2.24) is 0 Å². The third kappa shape index (κ3) is 6.95. The number of aromatic hydroxyl groups is 1. The summed E-state index contributed by atoms with van der Waals surface area (Å²) in [6.07, 6.45) is 0. The molecule has 1 aliphatic heterocycles. The molecule has 69 heavy (non-hydrogen) atoms. The van der Waals surface area contributed by atoms with Gasteiger partial charge in [0.15, 0.2) is 0 Å². The standard InChI is InChI=1S/C64H42N2O3/c67-59-40-48(66(47-31-36-61-57(39-47)52-24-13-14-27-60(52)68-61)58-35-28-44(42-16-5-1-6-17-42)38-56(58)43-18-7-2-8-19-43)29-32-51(59)50-34-37-62-64-54(50)25-15-26-55(64)53-33-30-49(41-63(53)69-62)65(45-20-9-3-10-21-45)46-22-11-4-12-23-46/h1-41,67H. The van der Waals surface area contributed by atoms with Gasteiger partial charge in [-0.2, -0.15) is 0 Å². The van der Waals surface area contributed by atoms with Crippen LogP contribution in [0.4, 0.5) is 34.1 Å². The lowest BCUT2D eigenvalue weighted by molar-refractivity contribution is 0.477. The highest BCUT2D eigenvalue weighted by Crippen LogP contribution is 2.52. The molecule has 12 aromatic rings. The number of rotatable bonds is 9. The van der Waals surface area contributed by atoms with Crippen molar-refractivity contribution in [3.63, 3.8) is 0 Å². The van der Waals surface area contributed by atoms with Crippen molar-refractivity contribution in [1.29, 1.82) is 0 Å². The van der Waals surface area contributed by atoms with E-state index in [1.807, 2.05) is 66.7 Å². The molecule has 0 atom stereocenters.